The van der Waals surface area contributed by atoms with Crippen LogP contribution in [0.1, 0.15) is 38.5 Å². The van der Waals surface area contributed by atoms with Gasteiger partial charge in [-0.2, -0.15) is 0 Å². The first-order valence-corrected chi connectivity index (χ1v) is 9.93. The van der Waals surface area contributed by atoms with Crippen molar-refractivity contribution in [1.82, 2.24) is 14.9 Å². The van der Waals surface area contributed by atoms with E-state index >= 15 is 0 Å². The fraction of sp³-hybridized carbons (Fsp3) is 0.526. The summed E-state index contributed by atoms with van der Waals surface area (Å²) in [6.07, 6.45) is 9.16. The first-order valence-electron chi connectivity index (χ1n) is 8.95. The van der Waals surface area contributed by atoms with E-state index in [0.29, 0.717) is 11.8 Å². The molecule has 1 aliphatic carbocycles. The molecular weight excluding hydrogens is 318 g/mol. The summed E-state index contributed by atoms with van der Waals surface area (Å²) >= 11 is 1.55. The van der Waals surface area contributed by atoms with Crippen molar-refractivity contribution < 1.29 is 4.79 Å². The lowest BCUT2D eigenvalue weighted by Crippen LogP contribution is -2.50. The van der Waals surface area contributed by atoms with Gasteiger partial charge < -0.3 is 4.90 Å². The average molecular weight is 341 g/mol. The number of piperidine rings is 1. The van der Waals surface area contributed by atoms with E-state index in [1.807, 2.05) is 24.3 Å². The Balaban J connectivity index is 1.46. The van der Waals surface area contributed by atoms with Gasteiger partial charge in [-0.1, -0.05) is 42.8 Å². The fourth-order valence-electron chi connectivity index (χ4n) is 4.24. The van der Waals surface area contributed by atoms with Crippen LogP contribution in [0.3, 0.4) is 0 Å². The zero-order valence-corrected chi connectivity index (χ0v) is 14.7. The number of aromatic nitrogens is 2. The number of amides is 1. The number of nitrogens with zero attached hydrogens (tertiary/aromatic N) is 3. The van der Waals surface area contributed by atoms with Gasteiger partial charge in [0.05, 0.1) is 11.3 Å². The molecular formula is C19H23N3OS. The van der Waals surface area contributed by atoms with Crippen LogP contribution in [0.5, 0.6) is 0 Å². The number of hydrogen-bond acceptors (Lipinski definition) is 4. The molecule has 2 aliphatic rings. The number of thioether (sulfide) groups is 1. The summed E-state index contributed by atoms with van der Waals surface area (Å²) in [5.74, 6) is 1.49. The third kappa shape index (κ3) is 3.14. The second-order valence-corrected chi connectivity index (χ2v) is 7.79. The molecule has 1 saturated heterocycles. The SMILES string of the molecule is O=C(CSc1ncnc2ccccc12)N1CCC[C@H]2CCCC[C@H]21. The highest BCUT2D eigenvalue weighted by atomic mass is 32.2. The van der Waals surface area contributed by atoms with Crippen LogP contribution in [0, 0.1) is 5.92 Å². The number of fused-ring (bicyclic) bond motifs is 2. The van der Waals surface area contributed by atoms with Crippen LogP contribution < -0.4 is 0 Å². The zero-order chi connectivity index (χ0) is 16.4. The Morgan fingerprint density at radius 3 is 2.92 bits per heavy atom. The van der Waals surface area contributed by atoms with Gasteiger partial charge >= 0.3 is 0 Å². The first kappa shape index (κ1) is 15.9. The molecule has 2 atom stereocenters. The molecule has 0 spiro atoms. The van der Waals surface area contributed by atoms with Gasteiger partial charge in [-0.05, 0) is 37.7 Å². The number of likely N-dealkylation sites (tertiary alicyclic amines) is 1. The van der Waals surface area contributed by atoms with Gasteiger partial charge in [-0.15, -0.1) is 0 Å². The van der Waals surface area contributed by atoms with Gasteiger partial charge in [-0.25, -0.2) is 9.97 Å². The Morgan fingerprint density at radius 1 is 1.12 bits per heavy atom. The fourth-order valence-corrected chi connectivity index (χ4v) is 5.12. The summed E-state index contributed by atoms with van der Waals surface area (Å²) in [7, 11) is 0. The molecule has 24 heavy (non-hydrogen) atoms. The maximum atomic E-state index is 12.8. The van der Waals surface area contributed by atoms with Gasteiger partial charge in [0.1, 0.15) is 11.4 Å². The lowest BCUT2D eigenvalue weighted by molar-refractivity contribution is -0.134. The minimum Gasteiger partial charge on any atom is -0.339 e. The highest BCUT2D eigenvalue weighted by Gasteiger charge is 2.35. The number of carbonyl (C=O) groups is 1. The Labute approximate surface area is 147 Å². The maximum Gasteiger partial charge on any atom is 0.233 e. The molecule has 2 aromatic rings. The van der Waals surface area contributed by atoms with Crippen LogP contribution in [0.25, 0.3) is 10.9 Å². The van der Waals surface area contributed by atoms with Crippen molar-refractivity contribution in [2.24, 2.45) is 5.92 Å². The number of benzene rings is 1. The highest BCUT2D eigenvalue weighted by Crippen LogP contribution is 2.36. The average Bonchev–Trinajstić information content (AvgIpc) is 2.65. The molecule has 1 amide bonds. The zero-order valence-electron chi connectivity index (χ0n) is 13.9. The van der Waals surface area contributed by atoms with Crippen LogP contribution in [0.15, 0.2) is 35.6 Å². The van der Waals surface area contributed by atoms with E-state index in [9.17, 15) is 4.79 Å². The van der Waals surface area contributed by atoms with E-state index in [2.05, 4.69) is 14.9 Å². The number of carbonyl (C=O) groups excluding carboxylic acids is 1. The normalized spacial score (nSPS) is 23.9. The molecule has 1 aliphatic heterocycles. The molecule has 2 heterocycles. The third-order valence-electron chi connectivity index (χ3n) is 5.40. The maximum absolute atomic E-state index is 12.8. The topological polar surface area (TPSA) is 46.1 Å². The van der Waals surface area contributed by atoms with Crippen molar-refractivity contribution in [3.05, 3.63) is 30.6 Å². The van der Waals surface area contributed by atoms with Crippen molar-refractivity contribution in [2.75, 3.05) is 12.3 Å². The molecule has 4 rings (SSSR count). The molecule has 1 aromatic carbocycles. The van der Waals surface area contributed by atoms with Crippen LogP contribution >= 0.6 is 11.8 Å². The van der Waals surface area contributed by atoms with Crippen LogP contribution in [0.2, 0.25) is 0 Å². The predicted octanol–water partition coefficient (Wildman–Crippen LogP) is 3.90. The van der Waals surface area contributed by atoms with E-state index in [4.69, 9.17) is 0 Å². The Hall–Kier alpha value is -1.62. The first-order chi connectivity index (χ1) is 11.8. The van der Waals surface area contributed by atoms with Crippen LogP contribution in [-0.2, 0) is 4.79 Å². The molecule has 0 N–H and O–H groups in total. The van der Waals surface area contributed by atoms with Crippen molar-refractivity contribution in [3.63, 3.8) is 0 Å². The summed E-state index contributed by atoms with van der Waals surface area (Å²) in [5.41, 5.74) is 0.938. The van der Waals surface area contributed by atoms with Gasteiger partial charge in [0, 0.05) is 18.0 Å². The highest BCUT2D eigenvalue weighted by molar-refractivity contribution is 8.00. The molecule has 2 fully saturated rings. The van der Waals surface area contributed by atoms with Crippen molar-refractivity contribution in [1.29, 1.82) is 0 Å². The number of hydrogen-bond donors (Lipinski definition) is 0. The van der Waals surface area contributed by atoms with Crippen molar-refractivity contribution in [3.8, 4) is 0 Å². The summed E-state index contributed by atoms with van der Waals surface area (Å²) in [4.78, 5) is 23.7. The molecule has 0 bridgehead atoms. The molecule has 1 aromatic heterocycles. The standard InChI is InChI=1S/C19H23N3OS/c23-18(22-11-5-7-14-6-1-4-10-17(14)22)12-24-19-15-8-2-3-9-16(15)20-13-21-19/h2-3,8-9,13-14,17H,1,4-7,10-12H2/t14-,17-/m1/s1. The van der Waals surface area contributed by atoms with Gasteiger partial charge in [-0.3, -0.25) is 4.79 Å². The molecule has 126 valence electrons. The van der Waals surface area contributed by atoms with E-state index < -0.39 is 0 Å². The van der Waals surface area contributed by atoms with E-state index in [-0.39, 0.29) is 5.91 Å². The van der Waals surface area contributed by atoms with E-state index in [1.165, 1.54) is 32.1 Å². The van der Waals surface area contributed by atoms with Crippen molar-refractivity contribution in [2.45, 2.75) is 49.6 Å². The van der Waals surface area contributed by atoms with E-state index in [1.54, 1.807) is 18.1 Å². The number of para-hydroxylation sites is 1. The lowest BCUT2D eigenvalue weighted by atomic mass is 9.78. The molecule has 0 unspecified atom stereocenters. The van der Waals surface area contributed by atoms with Gasteiger partial charge in [0.2, 0.25) is 5.91 Å². The minimum absolute atomic E-state index is 0.277. The summed E-state index contributed by atoms with van der Waals surface area (Å²) in [6.45, 7) is 0.936. The Morgan fingerprint density at radius 2 is 1.96 bits per heavy atom. The third-order valence-corrected chi connectivity index (χ3v) is 6.39. The lowest BCUT2D eigenvalue weighted by Gasteiger charge is -2.44. The quantitative estimate of drug-likeness (QED) is 0.627. The van der Waals surface area contributed by atoms with E-state index in [0.717, 1.165) is 34.8 Å². The van der Waals surface area contributed by atoms with Crippen LogP contribution in [0.4, 0.5) is 0 Å². The smallest absolute Gasteiger partial charge is 0.233 e. The Bertz CT molecular complexity index is 728. The molecule has 4 nitrogen and oxygen atoms in total. The summed E-state index contributed by atoms with van der Waals surface area (Å²) in [6, 6.07) is 8.48. The Kier molecular flexibility index (Phi) is 4.69. The van der Waals surface area contributed by atoms with Gasteiger partial charge in [0.25, 0.3) is 0 Å². The van der Waals surface area contributed by atoms with Crippen LogP contribution in [-0.4, -0.2) is 39.1 Å². The summed E-state index contributed by atoms with van der Waals surface area (Å²) < 4.78 is 0. The van der Waals surface area contributed by atoms with Gasteiger partial charge in [0.15, 0.2) is 0 Å². The summed E-state index contributed by atoms with van der Waals surface area (Å²) in [5, 5.41) is 1.94. The molecule has 0 radical (unpaired) electrons. The number of rotatable bonds is 3. The molecule has 1 saturated carbocycles. The second kappa shape index (κ2) is 7.09. The second-order valence-electron chi connectivity index (χ2n) is 6.83. The monoisotopic (exact) mass is 341 g/mol. The van der Waals surface area contributed by atoms with Crippen molar-refractivity contribution >= 4 is 28.6 Å². The molecule has 5 heteroatoms. The predicted molar refractivity (Wildman–Crippen MR) is 97.0 cm³/mol. The largest absolute Gasteiger partial charge is 0.339 e. The minimum atomic E-state index is 0.277.